The minimum absolute atomic E-state index is 0.202. The molecule has 0 radical (unpaired) electrons. The van der Waals surface area contributed by atoms with Gasteiger partial charge in [-0.25, -0.2) is 0 Å². The number of benzene rings is 2. The molecule has 0 unspecified atom stereocenters. The molecule has 120 valence electrons. The van der Waals surface area contributed by atoms with E-state index in [1.165, 1.54) is 19.3 Å². The summed E-state index contributed by atoms with van der Waals surface area (Å²) in [6.45, 7) is 2.16. The number of anilines is 2. The fourth-order valence-electron chi connectivity index (χ4n) is 2.80. The molecule has 0 aliphatic carbocycles. The van der Waals surface area contributed by atoms with E-state index in [-0.39, 0.29) is 5.91 Å². The summed E-state index contributed by atoms with van der Waals surface area (Å²) in [5, 5.41) is 3.38. The molecule has 5 heteroatoms. The van der Waals surface area contributed by atoms with E-state index in [9.17, 15) is 4.79 Å². The second-order valence-corrected chi connectivity index (χ2v) is 7.00. The highest BCUT2D eigenvalue weighted by Gasteiger charge is 2.14. The standard InChI is InChI=1S/C18H18BrClN2O/c19-13-7-8-17(20)16(11-13)18(23)21-14-5-4-6-15(12-14)22-9-2-1-3-10-22/h4-8,11-12H,1-3,9-10H2,(H,21,23). The molecule has 0 aromatic heterocycles. The molecular formula is C18H18BrClN2O. The normalized spacial score (nSPS) is 14.6. The third-order valence-corrected chi connectivity index (χ3v) is 4.82. The van der Waals surface area contributed by atoms with E-state index in [1.54, 1.807) is 12.1 Å². The van der Waals surface area contributed by atoms with Gasteiger partial charge in [0.25, 0.3) is 5.91 Å². The molecule has 0 bridgehead atoms. The minimum Gasteiger partial charge on any atom is -0.371 e. The van der Waals surface area contributed by atoms with Crippen LogP contribution in [-0.2, 0) is 0 Å². The summed E-state index contributed by atoms with van der Waals surface area (Å²) in [5.41, 5.74) is 2.40. The highest BCUT2D eigenvalue weighted by Crippen LogP contribution is 2.25. The third kappa shape index (κ3) is 4.06. The van der Waals surface area contributed by atoms with Crippen LogP contribution in [0.5, 0.6) is 0 Å². The van der Waals surface area contributed by atoms with Gasteiger partial charge in [0.2, 0.25) is 0 Å². The molecule has 2 aromatic rings. The third-order valence-electron chi connectivity index (χ3n) is 4.00. The van der Waals surface area contributed by atoms with Crippen LogP contribution in [-0.4, -0.2) is 19.0 Å². The van der Waals surface area contributed by atoms with Gasteiger partial charge < -0.3 is 10.2 Å². The second-order valence-electron chi connectivity index (χ2n) is 5.68. The van der Waals surface area contributed by atoms with Crippen molar-refractivity contribution in [2.45, 2.75) is 19.3 Å². The number of hydrogen-bond acceptors (Lipinski definition) is 2. The van der Waals surface area contributed by atoms with Crippen molar-refractivity contribution in [2.24, 2.45) is 0 Å². The number of amides is 1. The first kappa shape index (κ1) is 16.3. The molecule has 0 atom stereocenters. The number of nitrogens with one attached hydrogen (secondary N) is 1. The van der Waals surface area contributed by atoms with Crippen molar-refractivity contribution in [1.82, 2.24) is 0 Å². The monoisotopic (exact) mass is 392 g/mol. The zero-order valence-electron chi connectivity index (χ0n) is 12.7. The van der Waals surface area contributed by atoms with E-state index < -0.39 is 0 Å². The molecule has 1 amide bonds. The van der Waals surface area contributed by atoms with Crippen LogP contribution in [0.15, 0.2) is 46.9 Å². The summed E-state index contributed by atoms with van der Waals surface area (Å²) in [6.07, 6.45) is 3.75. The quantitative estimate of drug-likeness (QED) is 0.763. The molecule has 1 aliphatic rings. The first-order chi connectivity index (χ1) is 11.1. The van der Waals surface area contributed by atoms with Gasteiger partial charge in [0, 0.05) is 28.9 Å². The Kier molecular flexibility index (Phi) is 5.23. The zero-order chi connectivity index (χ0) is 16.2. The Bertz CT molecular complexity index is 714. The average Bonchev–Trinajstić information content (AvgIpc) is 2.58. The van der Waals surface area contributed by atoms with Crippen LogP contribution in [0.3, 0.4) is 0 Å². The SMILES string of the molecule is O=C(Nc1cccc(N2CCCCC2)c1)c1cc(Br)ccc1Cl. The van der Waals surface area contributed by atoms with E-state index in [0.29, 0.717) is 10.6 Å². The Hall–Kier alpha value is -1.52. The average molecular weight is 394 g/mol. The van der Waals surface area contributed by atoms with Crippen molar-refractivity contribution in [3.05, 3.63) is 57.5 Å². The lowest BCUT2D eigenvalue weighted by Crippen LogP contribution is -2.29. The summed E-state index contributed by atoms with van der Waals surface area (Å²) in [4.78, 5) is 14.8. The van der Waals surface area contributed by atoms with Gasteiger partial charge in [-0.3, -0.25) is 4.79 Å². The molecule has 23 heavy (non-hydrogen) atoms. The fourth-order valence-corrected chi connectivity index (χ4v) is 3.37. The van der Waals surface area contributed by atoms with E-state index in [4.69, 9.17) is 11.6 Å². The summed E-state index contributed by atoms with van der Waals surface area (Å²) < 4.78 is 0.828. The predicted octanol–water partition coefficient (Wildman–Crippen LogP) is 5.35. The molecular weight excluding hydrogens is 376 g/mol. The minimum atomic E-state index is -0.202. The molecule has 2 aromatic carbocycles. The molecule has 0 spiro atoms. The van der Waals surface area contributed by atoms with Crippen molar-refractivity contribution < 1.29 is 4.79 Å². The number of carbonyl (C=O) groups excluding carboxylic acids is 1. The van der Waals surface area contributed by atoms with Crippen LogP contribution in [0.2, 0.25) is 5.02 Å². The summed E-state index contributed by atoms with van der Waals surface area (Å²) in [7, 11) is 0. The van der Waals surface area contributed by atoms with E-state index >= 15 is 0 Å². The van der Waals surface area contributed by atoms with Gasteiger partial charge in [-0.1, -0.05) is 33.6 Å². The largest absolute Gasteiger partial charge is 0.371 e. The van der Waals surface area contributed by atoms with Crippen molar-refractivity contribution in [3.63, 3.8) is 0 Å². The molecule has 1 saturated heterocycles. The van der Waals surface area contributed by atoms with E-state index in [0.717, 1.165) is 28.9 Å². The Morgan fingerprint density at radius 1 is 1.09 bits per heavy atom. The summed E-state index contributed by atoms with van der Waals surface area (Å²) >= 11 is 9.49. The lowest BCUT2D eigenvalue weighted by Gasteiger charge is -2.29. The summed E-state index contributed by atoms with van der Waals surface area (Å²) in [6, 6.07) is 13.2. The number of carbonyl (C=O) groups is 1. The van der Waals surface area contributed by atoms with Crippen molar-refractivity contribution >= 4 is 44.8 Å². The highest BCUT2D eigenvalue weighted by atomic mass is 79.9. The Morgan fingerprint density at radius 3 is 2.65 bits per heavy atom. The summed E-state index contributed by atoms with van der Waals surface area (Å²) in [5.74, 6) is -0.202. The maximum Gasteiger partial charge on any atom is 0.257 e. The van der Waals surface area contributed by atoms with Gasteiger partial charge >= 0.3 is 0 Å². The molecule has 1 N–H and O–H groups in total. The van der Waals surface area contributed by atoms with Crippen molar-refractivity contribution in [1.29, 1.82) is 0 Å². The van der Waals surface area contributed by atoms with E-state index in [1.807, 2.05) is 24.3 Å². The lowest BCUT2D eigenvalue weighted by molar-refractivity contribution is 0.102. The molecule has 3 nitrogen and oxygen atoms in total. The smallest absolute Gasteiger partial charge is 0.257 e. The van der Waals surface area contributed by atoms with Crippen LogP contribution in [0, 0.1) is 0 Å². The number of halogens is 2. The molecule has 1 heterocycles. The Morgan fingerprint density at radius 2 is 1.87 bits per heavy atom. The molecule has 0 saturated carbocycles. The van der Waals surface area contributed by atoms with Crippen molar-refractivity contribution in [2.75, 3.05) is 23.3 Å². The number of hydrogen-bond donors (Lipinski definition) is 1. The van der Waals surface area contributed by atoms with E-state index in [2.05, 4.69) is 32.2 Å². The zero-order valence-corrected chi connectivity index (χ0v) is 15.0. The van der Waals surface area contributed by atoms with Crippen LogP contribution >= 0.6 is 27.5 Å². The molecule has 1 fully saturated rings. The second kappa shape index (κ2) is 7.37. The van der Waals surface area contributed by atoms with Gasteiger partial charge in [0.15, 0.2) is 0 Å². The first-order valence-electron chi connectivity index (χ1n) is 7.75. The number of nitrogens with zero attached hydrogens (tertiary/aromatic N) is 1. The van der Waals surface area contributed by atoms with Gasteiger partial charge in [0.1, 0.15) is 0 Å². The van der Waals surface area contributed by atoms with Crippen LogP contribution in [0.4, 0.5) is 11.4 Å². The first-order valence-corrected chi connectivity index (χ1v) is 8.92. The van der Waals surface area contributed by atoms with Crippen LogP contribution in [0.25, 0.3) is 0 Å². The maximum absolute atomic E-state index is 12.4. The van der Waals surface area contributed by atoms with Gasteiger partial charge in [-0.05, 0) is 55.7 Å². The number of piperidine rings is 1. The maximum atomic E-state index is 12.4. The van der Waals surface area contributed by atoms with Crippen LogP contribution in [0.1, 0.15) is 29.6 Å². The molecule has 1 aliphatic heterocycles. The highest BCUT2D eigenvalue weighted by molar-refractivity contribution is 9.10. The molecule has 3 rings (SSSR count). The van der Waals surface area contributed by atoms with Crippen molar-refractivity contribution in [3.8, 4) is 0 Å². The fraction of sp³-hybridized carbons (Fsp3) is 0.278. The Balaban J connectivity index is 1.77. The topological polar surface area (TPSA) is 32.3 Å². The van der Waals surface area contributed by atoms with Gasteiger partial charge in [0.05, 0.1) is 10.6 Å². The lowest BCUT2D eigenvalue weighted by atomic mass is 10.1. The Labute approximate surface area is 149 Å². The van der Waals surface area contributed by atoms with Gasteiger partial charge in [-0.2, -0.15) is 0 Å². The number of rotatable bonds is 3. The van der Waals surface area contributed by atoms with Crippen LogP contribution < -0.4 is 10.2 Å². The van der Waals surface area contributed by atoms with Gasteiger partial charge in [-0.15, -0.1) is 0 Å². The predicted molar refractivity (Wildman–Crippen MR) is 99.6 cm³/mol.